The van der Waals surface area contributed by atoms with Crippen LogP contribution < -0.4 is 4.65 Å². The molecular formula is C104H71BClN10O2. The molecule has 20 aromatic rings. The third-order valence-electron chi connectivity index (χ3n) is 20.8. The number of pyridine rings is 4. The van der Waals surface area contributed by atoms with Crippen LogP contribution in [0.4, 0.5) is 0 Å². The standard InChI is InChI=1S/C52H35N5.C33H23BN3O2.C19H13ClN2/c1-34-33-47(39-13-7-3-8-14-39)54-49-45(34)31-29-41-30-32-46(53-48(41)49)40-23-17-37(18-24-40)38-21-27-44(28-22-38)52-56-50(42-15-9-4-10-16-42)55-51(57-52)43-25-19-36(20-26-43)35-11-5-2-6-12-35;38-34-39-30-21-19-26(20-22-30)25-13-17-29(18-14-25)33-36-31(27-9-5-2-6-10-27)35-32(37-33)28-15-11-24(12-16-28)23-7-3-1-4-8-23;1-12-11-16(13-5-3-2-4-6-13)21-19-15(12)9-7-14-8-10-17(20)22-18(14)19/h2-33H,1H3;1-22,38H;2-11H,1H3. The Morgan fingerprint density at radius 1 is 0.220 bits per heavy atom. The second-order valence-corrected chi connectivity index (χ2v) is 28.9. The van der Waals surface area contributed by atoms with Crippen molar-refractivity contribution in [2.75, 3.05) is 0 Å². The third kappa shape index (κ3) is 16.4. The van der Waals surface area contributed by atoms with Crippen molar-refractivity contribution in [3.8, 4) is 152 Å². The number of hydrogen-bond acceptors (Lipinski definition) is 12. The Kier molecular flexibility index (Phi) is 21.3. The number of aromatic nitrogens is 10. The van der Waals surface area contributed by atoms with Gasteiger partial charge >= 0.3 is 7.69 Å². The van der Waals surface area contributed by atoms with E-state index in [-0.39, 0.29) is 0 Å². The van der Waals surface area contributed by atoms with Gasteiger partial charge in [0.1, 0.15) is 10.9 Å². The molecule has 0 saturated carbocycles. The molecule has 559 valence electrons. The number of nitrogens with zero attached hydrogens (tertiary/aromatic N) is 10. The Labute approximate surface area is 688 Å². The van der Waals surface area contributed by atoms with Crippen LogP contribution in [-0.2, 0) is 0 Å². The Morgan fingerprint density at radius 2 is 0.458 bits per heavy atom. The van der Waals surface area contributed by atoms with Crippen LogP contribution in [0.2, 0.25) is 5.15 Å². The highest BCUT2D eigenvalue weighted by atomic mass is 35.5. The molecule has 0 aliphatic rings. The average molecular weight is 1540 g/mol. The van der Waals surface area contributed by atoms with Gasteiger partial charge in [0.05, 0.1) is 39.1 Å². The molecule has 0 spiro atoms. The highest BCUT2D eigenvalue weighted by molar-refractivity contribution is 6.30. The van der Waals surface area contributed by atoms with Gasteiger partial charge in [-0.15, -0.1) is 0 Å². The van der Waals surface area contributed by atoms with Crippen LogP contribution in [0.3, 0.4) is 0 Å². The molecule has 6 heterocycles. The van der Waals surface area contributed by atoms with Gasteiger partial charge in [-0.05, 0) is 112 Å². The van der Waals surface area contributed by atoms with Crippen LogP contribution in [0.25, 0.3) is 190 Å². The minimum atomic E-state index is 0.490. The fourth-order valence-corrected chi connectivity index (χ4v) is 14.7. The summed E-state index contributed by atoms with van der Waals surface area (Å²) in [5, 5.41) is 13.7. The SMILES string of the molecule is Cc1cc(-c2ccccc2)nc2c1ccc1ccc(-c3ccc(-c4ccc(-c5nc(-c6ccccc6)nc(-c6ccc(-c7ccccc7)cc6)n5)cc4)cc3)nc12.Cc1cc(-c2ccccc2)nc2c1ccc1ccc(Cl)nc12.O[B]Oc1ccc(-c2ccc(-c3nc(-c4ccccc4)nc(-c4ccc(-c5ccccc5)cc4)n3)cc2)cc1. The largest absolute Gasteiger partial charge is 0.569 e. The van der Waals surface area contributed by atoms with E-state index < -0.39 is 0 Å². The van der Waals surface area contributed by atoms with E-state index in [4.69, 9.17) is 66.1 Å². The molecule has 14 aromatic carbocycles. The number of rotatable bonds is 15. The van der Waals surface area contributed by atoms with Gasteiger partial charge in [0.25, 0.3) is 0 Å². The van der Waals surface area contributed by atoms with E-state index in [0.29, 0.717) is 53.5 Å². The molecule has 0 aliphatic carbocycles. The summed E-state index contributed by atoms with van der Waals surface area (Å²) in [6, 6.07) is 131. The van der Waals surface area contributed by atoms with Crippen LogP contribution in [0, 0.1) is 13.8 Å². The van der Waals surface area contributed by atoms with Crippen LogP contribution in [-0.4, -0.2) is 62.5 Å². The van der Waals surface area contributed by atoms with Crippen molar-refractivity contribution in [2.45, 2.75) is 13.8 Å². The molecule has 118 heavy (non-hydrogen) atoms. The first-order valence-electron chi connectivity index (χ1n) is 38.8. The number of benzene rings is 14. The van der Waals surface area contributed by atoms with Crippen molar-refractivity contribution >= 4 is 62.9 Å². The zero-order chi connectivity index (χ0) is 79.7. The van der Waals surface area contributed by atoms with Gasteiger partial charge in [0, 0.05) is 71.6 Å². The Morgan fingerprint density at radius 3 is 0.788 bits per heavy atom. The first-order chi connectivity index (χ1) is 58.1. The zero-order valence-electron chi connectivity index (χ0n) is 64.2. The van der Waals surface area contributed by atoms with Crippen LogP contribution >= 0.6 is 11.6 Å². The summed E-state index contributed by atoms with van der Waals surface area (Å²) >= 11 is 6.08. The summed E-state index contributed by atoms with van der Waals surface area (Å²) in [7, 11) is 0.675. The zero-order valence-corrected chi connectivity index (χ0v) is 65.0. The third-order valence-corrected chi connectivity index (χ3v) is 21.0. The fraction of sp³-hybridized carbons (Fsp3) is 0.0192. The highest BCUT2D eigenvalue weighted by Crippen LogP contribution is 2.37. The van der Waals surface area contributed by atoms with E-state index in [1.54, 1.807) is 0 Å². The summed E-state index contributed by atoms with van der Waals surface area (Å²) < 4.78 is 5.01. The maximum absolute atomic E-state index is 8.83. The smallest absolute Gasteiger partial charge is 0.537 e. The maximum Gasteiger partial charge on any atom is 0.569 e. The summed E-state index contributed by atoms with van der Waals surface area (Å²) in [5.74, 6) is 4.34. The van der Waals surface area contributed by atoms with Crippen LogP contribution in [0.15, 0.2) is 388 Å². The Bertz CT molecular complexity index is 6950. The van der Waals surface area contributed by atoms with Crippen molar-refractivity contribution in [1.82, 2.24) is 49.8 Å². The lowest BCUT2D eigenvalue weighted by Crippen LogP contribution is -2.00. The molecule has 14 heteroatoms. The molecular weight excluding hydrogens is 1470 g/mol. The van der Waals surface area contributed by atoms with Gasteiger partial charge in [-0.3, -0.25) is 0 Å². The number of fused-ring (bicyclic) bond motifs is 6. The Balaban J connectivity index is 0.000000135. The van der Waals surface area contributed by atoms with E-state index >= 15 is 0 Å². The maximum atomic E-state index is 8.83. The van der Waals surface area contributed by atoms with Crippen molar-refractivity contribution in [2.24, 2.45) is 0 Å². The van der Waals surface area contributed by atoms with Gasteiger partial charge in [0.15, 0.2) is 34.9 Å². The van der Waals surface area contributed by atoms with Crippen LogP contribution in [0.5, 0.6) is 5.75 Å². The molecule has 0 fully saturated rings. The lowest BCUT2D eigenvalue weighted by Gasteiger charge is -2.11. The summed E-state index contributed by atoms with van der Waals surface area (Å²) in [4.78, 5) is 49.0. The molecule has 0 bridgehead atoms. The highest BCUT2D eigenvalue weighted by Gasteiger charge is 2.19. The van der Waals surface area contributed by atoms with Crippen LogP contribution in [0.1, 0.15) is 11.1 Å². The second kappa shape index (κ2) is 33.9. The molecule has 0 amide bonds. The molecule has 0 unspecified atom stereocenters. The van der Waals surface area contributed by atoms with Gasteiger partial charge in [0.2, 0.25) is 0 Å². The molecule has 6 aromatic heterocycles. The molecule has 0 atom stereocenters. The number of halogens is 1. The molecule has 12 nitrogen and oxygen atoms in total. The predicted molar refractivity (Wildman–Crippen MR) is 481 cm³/mol. The molecule has 0 aliphatic heterocycles. The topological polar surface area (TPSA) is 158 Å². The monoisotopic (exact) mass is 1540 g/mol. The van der Waals surface area contributed by atoms with Crippen molar-refractivity contribution in [1.29, 1.82) is 0 Å². The quantitative estimate of drug-likeness (QED) is 0.0589. The van der Waals surface area contributed by atoms with Gasteiger partial charge in [-0.2, -0.15) is 0 Å². The van der Waals surface area contributed by atoms with Gasteiger partial charge in [-0.1, -0.05) is 357 Å². The van der Waals surface area contributed by atoms with Gasteiger partial charge in [-0.25, -0.2) is 49.8 Å². The van der Waals surface area contributed by atoms with Crippen molar-refractivity contribution in [3.63, 3.8) is 0 Å². The molecule has 20 rings (SSSR count). The first kappa shape index (κ1) is 74.3. The molecule has 0 saturated heterocycles. The minimum Gasteiger partial charge on any atom is -0.537 e. The summed E-state index contributed by atoms with van der Waals surface area (Å²) in [6.07, 6.45) is 0. The fourth-order valence-electron chi connectivity index (χ4n) is 14.6. The molecule has 1 N–H and O–H groups in total. The molecule has 1 radical (unpaired) electrons. The van der Waals surface area contributed by atoms with E-state index in [1.807, 2.05) is 182 Å². The van der Waals surface area contributed by atoms with Crippen molar-refractivity contribution in [3.05, 3.63) is 405 Å². The summed E-state index contributed by atoms with van der Waals surface area (Å²) in [6.45, 7) is 4.25. The van der Waals surface area contributed by atoms with E-state index in [1.165, 1.54) is 22.3 Å². The summed E-state index contributed by atoms with van der Waals surface area (Å²) in [5.41, 5.74) is 26.5. The first-order valence-corrected chi connectivity index (χ1v) is 39.2. The lowest BCUT2D eigenvalue weighted by molar-refractivity contribution is 0.454. The Hall–Kier alpha value is -15.1. The normalized spacial score (nSPS) is 11.1. The number of aryl methyl sites for hydroxylation is 2. The second-order valence-electron chi connectivity index (χ2n) is 28.5. The van der Waals surface area contributed by atoms with Gasteiger partial charge < -0.3 is 9.68 Å². The average Bonchev–Trinajstić information content (AvgIpc) is 0.751. The lowest BCUT2D eigenvalue weighted by atomic mass is 10.00. The van der Waals surface area contributed by atoms with E-state index in [0.717, 1.165) is 144 Å². The van der Waals surface area contributed by atoms with Crippen molar-refractivity contribution < 1.29 is 9.68 Å². The van der Waals surface area contributed by atoms with E-state index in [2.05, 4.69) is 225 Å². The minimum absolute atomic E-state index is 0.490. The number of hydrogen-bond donors (Lipinski definition) is 1. The van der Waals surface area contributed by atoms with E-state index in [9.17, 15) is 0 Å². The predicted octanol–water partition coefficient (Wildman–Crippen LogP) is 25.5.